The van der Waals surface area contributed by atoms with Crippen LogP contribution in [0.3, 0.4) is 0 Å². The van der Waals surface area contributed by atoms with Gasteiger partial charge in [0.05, 0.1) is 23.5 Å². The standard InChI is InChI=1S/C12H20N4O2S/c1-15(6-7-18-2)10-8-12(17)16(14-9-10)5-3-4-11(13)19/h8-9H,3-7H2,1-2H3,(H2,13,19). The third-order valence-corrected chi connectivity index (χ3v) is 2.92. The van der Waals surface area contributed by atoms with Crippen LogP contribution in [0.2, 0.25) is 0 Å². The van der Waals surface area contributed by atoms with Gasteiger partial charge in [0.2, 0.25) is 0 Å². The van der Waals surface area contributed by atoms with Gasteiger partial charge in [0.1, 0.15) is 0 Å². The Hall–Kier alpha value is -1.47. The molecule has 0 aromatic carbocycles. The van der Waals surface area contributed by atoms with Crippen LogP contribution in [0.1, 0.15) is 12.8 Å². The molecule has 106 valence electrons. The number of nitrogens with two attached hydrogens (primary N) is 1. The zero-order valence-corrected chi connectivity index (χ0v) is 12.2. The summed E-state index contributed by atoms with van der Waals surface area (Å²) in [6, 6.07) is 1.57. The maximum Gasteiger partial charge on any atom is 0.268 e. The van der Waals surface area contributed by atoms with Gasteiger partial charge in [0.25, 0.3) is 5.56 Å². The SMILES string of the molecule is COCCN(C)c1cnn(CCCC(N)=S)c(=O)c1. The van der Waals surface area contributed by atoms with Crippen molar-refractivity contribution in [1.82, 2.24) is 9.78 Å². The van der Waals surface area contributed by atoms with Crippen molar-refractivity contribution in [1.29, 1.82) is 0 Å². The fraction of sp³-hybridized carbons (Fsp3) is 0.583. The predicted octanol–water partition coefficient (Wildman–Crippen LogP) is 0.392. The molecule has 0 aliphatic heterocycles. The van der Waals surface area contributed by atoms with E-state index in [1.54, 1.807) is 19.4 Å². The number of nitrogens with zero attached hydrogens (tertiary/aromatic N) is 3. The quantitative estimate of drug-likeness (QED) is 0.696. The fourth-order valence-corrected chi connectivity index (χ4v) is 1.71. The van der Waals surface area contributed by atoms with E-state index < -0.39 is 0 Å². The van der Waals surface area contributed by atoms with Crippen molar-refractivity contribution in [3.05, 3.63) is 22.6 Å². The van der Waals surface area contributed by atoms with Gasteiger partial charge in [-0.05, 0) is 12.8 Å². The molecule has 1 aromatic heterocycles. The minimum Gasteiger partial charge on any atom is -0.393 e. The minimum atomic E-state index is -0.121. The topological polar surface area (TPSA) is 73.4 Å². The molecule has 6 nitrogen and oxygen atoms in total. The third-order valence-electron chi connectivity index (χ3n) is 2.72. The van der Waals surface area contributed by atoms with Crippen LogP contribution < -0.4 is 16.2 Å². The Labute approximate surface area is 118 Å². The molecule has 7 heteroatoms. The number of likely N-dealkylation sites (N-methyl/N-ethyl adjacent to an activating group) is 1. The Kier molecular flexibility index (Phi) is 6.44. The summed E-state index contributed by atoms with van der Waals surface area (Å²) in [5, 5.41) is 4.14. The number of hydrogen-bond donors (Lipinski definition) is 1. The Balaban J connectivity index is 2.63. The van der Waals surface area contributed by atoms with Crippen LogP contribution in [-0.4, -0.2) is 42.1 Å². The molecule has 1 heterocycles. The first-order valence-electron chi connectivity index (χ1n) is 6.10. The van der Waals surface area contributed by atoms with Gasteiger partial charge >= 0.3 is 0 Å². The van der Waals surface area contributed by atoms with Gasteiger partial charge in [-0.2, -0.15) is 5.10 Å². The number of thiocarbonyl (C=S) groups is 1. The molecule has 0 spiro atoms. The summed E-state index contributed by atoms with van der Waals surface area (Å²) in [4.78, 5) is 14.3. The second kappa shape index (κ2) is 7.85. The molecular formula is C12H20N4O2S. The van der Waals surface area contributed by atoms with Crippen LogP contribution in [-0.2, 0) is 11.3 Å². The van der Waals surface area contributed by atoms with Crippen LogP contribution in [0.15, 0.2) is 17.1 Å². The smallest absolute Gasteiger partial charge is 0.268 e. The van der Waals surface area contributed by atoms with E-state index in [0.717, 1.165) is 12.1 Å². The van der Waals surface area contributed by atoms with Gasteiger partial charge in [-0.25, -0.2) is 4.68 Å². The first-order chi connectivity index (χ1) is 9.04. The maximum atomic E-state index is 11.9. The molecule has 2 N–H and O–H groups in total. The average molecular weight is 284 g/mol. The zero-order valence-electron chi connectivity index (χ0n) is 11.3. The van der Waals surface area contributed by atoms with Gasteiger partial charge in [-0.3, -0.25) is 4.79 Å². The highest BCUT2D eigenvalue weighted by atomic mass is 32.1. The maximum absolute atomic E-state index is 11.9. The molecule has 0 atom stereocenters. The zero-order chi connectivity index (χ0) is 14.3. The number of ether oxygens (including phenoxy) is 1. The van der Waals surface area contributed by atoms with Gasteiger partial charge in [0.15, 0.2) is 0 Å². The van der Waals surface area contributed by atoms with Crippen molar-refractivity contribution in [2.45, 2.75) is 19.4 Å². The summed E-state index contributed by atoms with van der Waals surface area (Å²) in [5.41, 5.74) is 6.07. The van der Waals surface area contributed by atoms with E-state index in [4.69, 9.17) is 22.7 Å². The van der Waals surface area contributed by atoms with Gasteiger partial charge in [-0.1, -0.05) is 12.2 Å². The lowest BCUT2D eigenvalue weighted by atomic mass is 10.3. The number of rotatable bonds is 8. The van der Waals surface area contributed by atoms with Crippen molar-refractivity contribution in [2.75, 3.05) is 32.2 Å². The lowest BCUT2D eigenvalue weighted by molar-refractivity contribution is 0.206. The second-order valence-corrected chi connectivity index (χ2v) is 4.78. The molecule has 0 saturated heterocycles. The summed E-state index contributed by atoms with van der Waals surface area (Å²) in [6.45, 7) is 1.84. The fourth-order valence-electron chi connectivity index (χ4n) is 1.56. The Morgan fingerprint density at radius 1 is 1.63 bits per heavy atom. The Morgan fingerprint density at radius 3 is 2.95 bits per heavy atom. The number of methoxy groups -OCH3 is 1. The minimum absolute atomic E-state index is 0.121. The summed E-state index contributed by atoms with van der Waals surface area (Å²) in [7, 11) is 3.54. The first-order valence-corrected chi connectivity index (χ1v) is 6.51. The van der Waals surface area contributed by atoms with E-state index in [2.05, 4.69) is 5.10 Å². The van der Waals surface area contributed by atoms with E-state index in [1.807, 2.05) is 11.9 Å². The molecule has 0 saturated carbocycles. The van der Waals surface area contributed by atoms with Crippen molar-refractivity contribution < 1.29 is 4.74 Å². The van der Waals surface area contributed by atoms with Gasteiger partial charge < -0.3 is 15.4 Å². The third kappa shape index (κ3) is 5.35. The second-order valence-electron chi connectivity index (χ2n) is 4.26. The summed E-state index contributed by atoms with van der Waals surface area (Å²) in [6.07, 6.45) is 3.03. The van der Waals surface area contributed by atoms with Crippen molar-refractivity contribution >= 4 is 22.9 Å². The number of hydrogen-bond acceptors (Lipinski definition) is 5. The number of aromatic nitrogens is 2. The molecule has 19 heavy (non-hydrogen) atoms. The summed E-state index contributed by atoms with van der Waals surface area (Å²) in [5.74, 6) is 0. The van der Waals surface area contributed by atoms with Crippen molar-refractivity contribution in [2.24, 2.45) is 5.73 Å². The largest absolute Gasteiger partial charge is 0.393 e. The van der Waals surface area contributed by atoms with Crippen molar-refractivity contribution in [3.63, 3.8) is 0 Å². The van der Waals surface area contributed by atoms with E-state index >= 15 is 0 Å². The molecule has 1 aromatic rings. The number of aryl methyl sites for hydroxylation is 1. The molecule has 0 unspecified atom stereocenters. The number of anilines is 1. The Morgan fingerprint density at radius 2 is 2.37 bits per heavy atom. The van der Waals surface area contributed by atoms with Gasteiger partial charge in [0, 0.05) is 33.3 Å². The van der Waals surface area contributed by atoms with E-state index in [1.165, 1.54) is 4.68 Å². The van der Waals surface area contributed by atoms with E-state index in [0.29, 0.717) is 31.1 Å². The van der Waals surface area contributed by atoms with Crippen LogP contribution in [0, 0.1) is 0 Å². The normalized spacial score (nSPS) is 10.4. The Bertz CT molecular complexity index is 475. The molecule has 0 fully saturated rings. The van der Waals surface area contributed by atoms with Gasteiger partial charge in [-0.15, -0.1) is 0 Å². The molecule has 0 aliphatic carbocycles. The van der Waals surface area contributed by atoms with Crippen LogP contribution in [0.25, 0.3) is 0 Å². The molecule has 0 amide bonds. The molecule has 0 radical (unpaired) electrons. The van der Waals surface area contributed by atoms with E-state index in [-0.39, 0.29) is 5.56 Å². The lowest BCUT2D eigenvalue weighted by Gasteiger charge is -2.18. The molecular weight excluding hydrogens is 264 g/mol. The van der Waals surface area contributed by atoms with Crippen LogP contribution >= 0.6 is 12.2 Å². The molecule has 1 rings (SSSR count). The predicted molar refractivity (Wildman–Crippen MR) is 79.7 cm³/mol. The summed E-state index contributed by atoms with van der Waals surface area (Å²) >= 11 is 4.79. The van der Waals surface area contributed by atoms with Crippen LogP contribution in [0.5, 0.6) is 0 Å². The average Bonchev–Trinajstić information content (AvgIpc) is 2.37. The highest BCUT2D eigenvalue weighted by molar-refractivity contribution is 7.80. The van der Waals surface area contributed by atoms with Crippen molar-refractivity contribution in [3.8, 4) is 0 Å². The summed E-state index contributed by atoms with van der Waals surface area (Å²) < 4.78 is 6.42. The van der Waals surface area contributed by atoms with Crippen LogP contribution in [0.4, 0.5) is 5.69 Å². The molecule has 0 aliphatic rings. The van der Waals surface area contributed by atoms with E-state index in [9.17, 15) is 4.79 Å². The lowest BCUT2D eigenvalue weighted by Crippen LogP contribution is -2.27. The highest BCUT2D eigenvalue weighted by Crippen LogP contribution is 2.06. The molecule has 0 bridgehead atoms. The monoisotopic (exact) mass is 284 g/mol. The first kappa shape index (κ1) is 15.6. The highest BCUT2D eigenvalue weighted by Gasteiger charge is 2.04.